The van der Waals surface area contributed by atoms with Crippen LogP contribution < -0.4 is 5.32 Å². The van der Waals surface area contributed by atoms with Crippen LogP contribution in [-0.2, 0) is 0 Å². The van der Waals surface area contributed by atoms with Gasteiger partial charge in [-0.05, 0) is 12.1 Å². The fourth-order valence-corrected chi connectivity index (χ4v) is 0.690. The lowest BCUT2D eigenvalue weighted by atomic mass is 10.3. The van der Waals surface area contributed by atoms with Crippen LogP contribution in [0.25, 0.3) is 0 Å². The van der Waals surface area contributed by atoms with Crippen LogP contribution >= 0.6 is 0 Å². The van der Waals surface area contributed by atoms with Crippen LogP contribution in [0.2, 0.25) is 0 Å². The first-order valence-corrected chi connectivity index (χ1v) is 3.19. The van der Waals surface area contributed by atoms with Gasteiger partial charge >= 0.3 is 0 Å². The predicted molar refractivity (Wildman–Crippen MR) is 44.6 cm³/mol. The summed E-state index contributed by atoms with van der Waals surface area (Å²) in [4.78, 5) is 0. The Balaban J connectivity index is 2.50. The maximum atomic E-state index is 3.56. The molecule has 1 aromatic rings. The first kappa shape index (κ1) is 6.87. The molecule has 0 aromatic heterocycles. The molecule has 0 atom stereocenters. The van der Waals surface area contributed by atoms with E-state index in [1.807, 2.05) is 30.3 Å². The van der Waals surface area contributed by atoms with Crippen molar-refractivity contribution in [2.75, 3.05) is 5.32 Å². The average molecular weight is 132 g/mol. The molecule has 1 radical (unpaired) electrons. The molecule has 0 saturated heterocycles. The molecule has 1 nitrogen and oxygen atoms in total. The number of rotatable bonds is 3. The standard InChI is InChI=1S/C9H10N/c1-2-8-10-9-6-4-3-5-7-9/h2-8,10H,1H2. The van der Waals surface area contributed by atoms with Crippen LogP contribution in [0.1, 0.15) is 0 Å². The van der Waals surface area contributed by atoms with Crippen LogP contribution in [0.15, 0.2) is 43.0 Å². The first-order valence-electron chi connectivity index (χ1n) is 3.19. The van der Waals surface area contributed by atoms with E-state index in [1.165, 1.54) is 0 Å². The highest BCUT2D eigenvalue weighted by molar-refractivity contribution is 5.44. The molecule has 0 spiro atoms. The van der Waals surface area contributed by atoms with Gasteiger partial charge in [-0.3, -0.25) is 0 Å². The second-order valence-electron chi connectivity index (χ2n) is 1.91. The van der Waals surface area contributed by atoms with E-state index in [-0.39, 0.29) is 0 Å². The van der Waals surface area contributed by atoms with Gasteiger partial charge in [0.2, 0.25) is 0 Å². The Morgan fingerprint density at radius 2 is 1.90 bits per heavy atom. The molecule has 0 amide bonds. The molecule has 51 valence electrons. The Bertz CT molecular complexity index is 191. The summed E-state index contributed by atoms with van der Waals surface area (Å²) in [5.41, 5.74) is 1.09. The van der Waals surface area contributed by atoms with Gasteiger partial charge < -0.3 is 5.32 Å². The second kappa shape index (κ2) is 3.72. The Hall–Kier alpha value is -1.24. The summed E-state index contributed by atoms with van der Waals surface area (Å²) in [5.74, 6) is 0. The zero-order valence-electron chi connectivity index (χ0n) is 5.75. The van der Waals surface area contributed by atoms with E-state index in [1.54, 1.807) is 12.6 Å². The number of hydrogen-bond acceptors (Lipinski definition) is 1. The third kappa shape index (κ3) is 1.94. The van der Waals surface area contributed by atoms with Crippen molar-refractivity contribution in [3.05, 3.63) is 49.5 Å². The van der Waals surface area contributed by atoms with Crippen LogP contribution in [0.3, 0.4) is 0 Å². The van der Waals surface area contributed by atoms with Crippen molar-refractivity contribution < 1.29 is 0 Å². The Labute approximate surface area is 61.4 Å². The molecule has 0 saturated carbocycles. The molecule has 0 aliphatic rings. The molecule has 0 bridgehead atoms. The van der Waals surface area contributed by atoms with Gasteiger partial charge in [-0.15, -0.1) is 6.58 Å². The van der Waals surface area contributed by atoms with Gasteiger partial charge in [0.15, 0.2) is 0 Å². The van der Waals surface area contributed by atoms with E-state index in [9.17, 15) is 0 Å². The third-order valence-corrected chi connectivity index (χ3v) is 1.14. The monoisotopic (exact) mass is 132 g/mol. The molecular formula is C9H10N. The van der Waals surface area contributed by atoms with Crippen molar-refractivity contribution in [2.45, 2.75) is 0 Å². The number of hydrogen-bond donors (Lipinski definition) is 1. The van der Waals surface area contributed by atoms with Crippen molar-refractivity contribution >= 4 is 5.69 Å². The van der Waals surface area contributed by atoms with Crippen molar-refractivity contribution in [2.24, 2.45) is 0 Å². The fraction of sp³-hybridized carbons (Fsp3) is 0. The molecular weight excluding hydrogens is 122 g/mol. The fourth-order valence-electron chi connectivity index (χ4n) is 0.690. The third-order valence-electron chi connectivity index (χ3n) is 1.14. The molecule has 1 heteroatoms. The molecule has 0 aliphatic heterocycles. The zero-order chi connectivity index (χ0) is 7.23. The van der Waals surface area contributed by atoms with Crippen LogP contribution in [0.4, 0.5) is 5.69 Å². The minimum absolute atomic E-state index is 1.09. The van der Waals surface area contributed by atoms with E-state index in [4.69, 9.17) is 0 Å². The van der Waals surface area contributed by atoms with Gasteiger partial charge in [0.25, 0.3) is 0 Å². The predicted octanol–water partition coefficient (Wildman–Crippen LogP) is 2.45. The van der Waals surface area contributed by atoms with Crippen molar-refractivity contribution in [3.8, 4) is 0 Å². The molecule has 0 fully saturated rings. The molecule has 1 N–H and O–H groups in total. The molecule has 0 aliphatic carbocycles. The summed E-state index contributed by atoms with van der Waals surface area (Å²) < 4.78 is 0. The van der Waals surface area contributed by atoms with Crippen LogP contribution in [0, 0.1) is 6.54 Å². The lowest BCUT2D eigenvalue weighted by Crippen LogP contribution is -1.89. The quantitative estimate of drug-likeness (QED) is 0.666. The van der Waals surface area contributed by atoms with E-state index < -0.39 is 0 Å². The summed E-state index contributed by atoms with van der Waals surface area (Å²) in [6.07, 6.45) is 1.72. The van der Waals surface area contributed by atoms with Gasteiger partial charge in [0.1, 0.15) is 0 Å². The van der Waals surface area contributed by atoms with Crippen molar-refractivity contribution in [1.29, 1.82) is 0 Å². The Morgan fingerprint density at radius 1 is 1.20 bits per heavy atom. The lowest BCUT2D eigenvalue weighted by Gasteiger charge is -1.99. The zero-order valence-corrected chi connectivity index (χ0v) is 5.75. The maximum absolute atomic E-state index is 3.56. The van der Waals surface area contributed by atoms with E-state index in [0.717, 1.165) is 5.69 Å². The molecule has 0 unspecified atom stereocenters. The highest BCUT2D eigenvalue weighted by atomic mass is 14.8. The topological polar surface area (TPSA) is 12.0 Å². The van der Waals surface area contributed by atoms with Gasteiger partial charge in [0, 0.05) is 5.69 Å². The molecule has 10 heavy (non-hydrogen) atoms. The maximum Gasteiger partial charge on any atom is 0.0679 e. The summed E-state index contributed by atoms with van der Waals surface area (Å²) in [5, 5.41) is 3.05. The minimum Gasteiger partial charge on any atom is -0.376 e. The number of anilines is 1. The molecule has 1 rings (SSSR count). The average Bonchev–Trinajstić information content (AvgIpc) is 2.03. The number of benzene rings is 1. The van der Waals surface area contributed by atoms with E-state index in [0.29, 0.717) is 0 Å². The largest absolute Gasteiger partial charge is 0.376 e. The van der Waals surface area contributed by atoms with Crippen LogP contribution in [-0.4, -0.2) is 0 Å². The van der Waals surface area contributed by atoms with Crippen molar-refractivity contribution in [1.82, 2.24) is 0 Å². The SMILES string of the molecule is C=C[CH]Nc1ccccc1. The highest BCUT2D eigenvalue weighted by Gasteiger charge is 1.83. The Morgan fingerprint density at radius 3 is 2.50 bits per heavy atom. The van der Waals surface area contributed by atoms with E-state index in [2.05, 4.69) is 11.9 Å². The smallest absolute Gasteiger partial charge is 0.0679 e. The highest BCUT2D eigenvalue weighted by Crippen LogP contribution is 2.04. The number of para-hydroxylation sites is 1. The van der Waals surface area contributed by atoms with Gasteiger partial charge in [0.05, 0.1) is 6.54 Å². The lowest BCUT2D eigenvalue weighted by molar-refractivity contribution is 1.50. The molecule has 1 aromatic carbocycles. The molecule has 0 heterocycles. The second-order valence-corrected chi connectivity index (χ2v) is 1.91. The summed E-state index contributed by atoms with van der Waals surface area (Å²) in [6.45, 7) is 5.36. The van der Waals surface area contributed by atoms with Crippen molar-refractivity contribution in [3.63, 3.8) is 0 Å². The Kier molecular flexibility index (Phi) is 2.56. The normalized spacial score (nSPS) is 8.80. The summed E-state index contributed by atoms with van der Waals surface area (Å²) in [7, 11) is 0. The van der Waals surface area contributed by atoms with Gasteiger partial charge in [-0.2, -0.15) is 0 Å². The first-order chi connectivity index (χ1) is 4.93. The van der Waals surface area contributed by atoms with Gasteiger partial charge in [-0.25, -0.2) is 0 Å². The summed E-state index contributed by atoms with van der Waals surface area (Å²) in [6, 6.07) is 9.96. The minimum atomic E-state index is 1.09. The van der Waals surface area contributed by atoms with Gasteiger partial charge in [-0.1, -0.05) is 24.3 Å². The van der Waals surface area contributed by atoms with E-state index >= 15 is 0 Å². The summed E-state index contributed by atoms with van der Waals surface area (Å²) >= 11 is 0. The number of nitrogens with one attached hydrogen (secondary N) is 1. The van der Waals surface area contributed by atoms with Crippen LogP contribution in [0.5, 0.6) is 0 Å².